The fourth-order valence-corrected chi connectivity index (χ4v) is 3.78. The second-order valence-electron chi connectivity index (χ2n) is 4.97. The maximum atomic E-state index is 9.68. The summed E-state index contributed by atoms with van der Waals surface area (Å²) in [5, 5.41) is 10.9. The van der Waals surface area contributed by atoms with E-state index in [1.54, 1.807) is 11.3 Å². The molecule has 2 atom stereocenters. The second kappa shape index (κ2) is 4.75. The average Bonchev–Trinajstić information content (AvgIpc) is 2.71. The summed E-state index contributed by atoms with van der Waals surface area (Å²) < 4.78 is 1.28. The van der Waals surface area contributed by atoms with Crippen LogP contribution < -0.4 is 0 Å². The first kappa shape index (κ1) is 11.2. The van der Waals surface area contributed by atoms with Crippen molar-refractivity contribution in [3.8, 4) is 0 Å². The fraction of sp³-hybridized carbons (Fsp3) is 0.500. The number of hydrogen-bond acceptors (Lipinski definition) is 3. The van der Waals surface area contributed by atoms with E-state index < -0.39 is 0 Å². The molecule has 1 aliphatic carbocycles. The summed E-state index contributed by atoms with van der Waals surface area (Å²) in [6.07, 6.45) is 5.30. The van der Waals surface area contributed by atoms with E-state index in [0.717, 1.165) is 31.2 Å². The predicted molar refractivity (Wildman–Crippen MR) is 71.3 cm³/mol. The molecule has 0 spiro atoms. The van der Waals surface area contributed by atoms with Crippen LogP contribution in [0.2, 0.25) is 0 Å². The highest BCUT2D eigenvalue weighted by molar-refractivity contribution is 7.18. The summed E-state index contributed by atoms with van der Waals surface area (Å²) in [7, 11) is 0. The first-order valence-electron chi connectivity index (χ1n) is 6.34. The van der Waals surface area contributed by atoms with Gasteiger partial charge in [-0.15, -0.1) is 11.3 Å². The Labute approximate surface area is 105 Å². The smallest absolute Gasteiger partial charge is 0.0941 e. The number of hydrogen-bond donors (Lipinski definition) is 1. The first-order valence-corrected chi connectivity index (χ1v) is 7.15. The van der Waals surface area contributed by atoms with Gasteiger partial charge in [0.25, 0.3) is 0 Å². The molecular weight excluding hydrogens is 230 g/mol. The molecule has 2 nitrogen and oxygen atoms in total. The van der Waals surface area contributed by atoms with Gasteiger partial charge in [-0.3, -0.25) is 0 Å². The quantitative estimate of drug-likeness (QED) is 0.882. The van der Waals surface area contributed by atoms with Gasteiger partial charge >= 0.3 is 0 Å². The molecule has 17 heavy (non-hydrogen) atoms. The Balaban J connectivity index is 1.75. The molecule has 2 aromatic rings. The lowest BCUT2D eigenvalue weighted by molar-refractivity contribution is 0.101. The molecule has 0 aliphatic heterocycles. The lowest BCUT2D eigenvalue weighted by Crippen LogP contribution is -2.20. The number of para-hydroxylation sites is 1. The van der Waals surface area contributed by atoms with Crippen molar-refractivity contribution in [1.82, 2.24) is 4.98 Å². The Morgan fingerprint density at radius 2 is 2.18 bits per heavy atom. The number of benzene rings is 1. The van der Waals surface area contributed by atoms with Crippen molar-refractivity contribution in [3.05, 3.63) is 29.3 Å². The van der Waals surface area contributed by atoms with E-state index in [0.29, 0.717) is 5.92 Å². The Hall–Kier alpha value is -0.930. The number of rotatable bonds is 2. The standard InChI is InChI=1S/C14H17NOS/c16-11-5-3-4-10(8-11)9-14-15-12-6-1-2-7-13(12)17-14/h1-2,6-7,10-11,16H,3-5,8-9H2. The summed E-state index contributed by atoms with van der Waals surface area (Å²) in [5.41, 5.74) is 1.11. The van der Waals surface area contributed by atoms with Crippen LogP contribution >= 0.6 is 11.3 Å². The highest BCUT2D eigenvalue weighted by Gasteiger charge is 2.21. The zero-order valence-corrected chi connectivity index (χ0v) is 10.6. The van der Waals surface area contributed by atoms with Gasteiger partial charge in [-0.2, -0.15) is 0 Å². The summed E-state index contributed by atoms with van der Waals surface area (Å²) in [6, 6.07) is 8.31. The van der Waals surface area contributed by atoms with Crippen molar-refractivity contribution in [2.75, 3.05) is 0 Å². The third kappa shape index (κ3) is 2.50. The van der Waals surface area contributed by atoms with E-state index in [1.165, 1.54) is 16.1 Å². The monoisotopic (exact) mass is 247 g/mol. The molecule has 1 fully saturated rings. The Bertz CT molecular complexity index is 475. The van der Waals surface area contributed by atoms with Crippen molar-refractivity contribution in [2.45, 2.75) is 38.2 Å². The van der Waals surface area contributed by atoms with Crippen LogP contribution in [0.15, 0.2) is 24.3 Å². The van der Waals surface area contributed by atoms with Gasteiger partial charge in [0.2, 0.25) is 0 Å². The first-order chi connectivity index (χ1) is 8.31. The number of aliphatic hydroxyl groups excluding tert-OH is 1. The van der Waals surface area contributed by atoms with Gasteiger partial charge in [0.1, 0.15) is 0 Å². The maximum absolute atomic E-state index is 9.68. The van der Waals surface area contributed by atoms with Crippen LogP contribution in [0.1, 0.15) is 30.7 Å². The minimum absolute atomic E-state index is 0.0804. The minimum atomic E-state index is -0.0804. The van der Waals surface area contributed by atoms with E-state index in [9.17, 15) is 5.11 Å². The molecular formula is C14H17NOS. The number of fused-ring (bicyclic) bond motifs is 1. The van der Waals surface area contributed by atoms with Gasteiger partial charge in [-0.25, -0.2) is 4.98 Å². The van der Waals surface area contributed by atoms with Crippen molar-refractivity contribution >= 4 is 21.6 Å². The van der Waals surface area contributed by atoms with Gasteiger partial charge in [-0.1, -0.05) is 18.6 Å². The van der Waals surface area contributed by atoms with Crippen molar-refractivity contribution < 1.29 is 5.11 Å². The molecule has 1 aromatic heterocycles. The van der Waals surface area contributed by atoms with Crippen molar-refractivity contribution in [3.63, 3.8) is 0 Å². The summed E-state index contributed by atoms with van der Waals surface area (Å²) in [6.45, 7) is 0. The zero-order chi connectivity index (χ0) is 11.7. The molecule has 1 heterocycles. The van der Waals surface area contributed by atoms with Gasteiger partial charge < -0.3 is 5.11 Å². The highest BCUT2D eigenvalue weighted by Crippen LogP contribution is 2.30. The van der Waals surface area contributed by atoms with Crippen LogP contribution in [0.5, 0.6) is 0 Å². The van der Waals surface area contributed by atoms with Gasteiger partial charge in [0.15, 0.2) is 0 Å². The van der Waals surface area contributed by atoms with Crippen LogP contribution in [0.4, 0.5) is 0 Å². The number of thiazole rings is 1. The molecule has 90 valence electrons. The van der Waals surface area contributed by atoms with Crippen molar-refractivity contribution in [2.24, 2.45) is 5.92 Å². The van der Waals surface area contributed by atoms with Crippen LogP contribution in [-0.4, -0.2) is 16.2 Å². The molecule has 3 heteroatoms. The van der Waals surface area contributed by atoms with Crippen LogP contribution in [0.3, 0.4) is 0 Å². The molecule has 0 radical (unpaired) electrons. The Morgan fingerprint density at radius 3 is 3.00 bits per heavy atom. The number of aromatic nitrogens is 1. The van der Waals surface area contributed by atoms with Crippen LogP contribution in [-0.2, 0) is 6.42 Å². The van der Waals surface area contributed by atoms with Gasteiger partial charge in [0.05, 0.1) is 21.3 Å². The zero-order valence-electron chi connectivity index (χ0n) is 9.80. The van der Waals surface area contributed by atoms with E-state index in [4.69, 9.17) is 0 Å². The SMILES string of the molecule is OC1CCCC(Cc2nc3ccccc3s2)C1. The predicted octanol–water partition coefficient (Wildman–Crippen LogP) is 3.39. The molecule has 3 rings (SSSR count). The molecule has 1 N–H and O–H groups in total. The molecule has 0 saturated heterocycles. The molecule has 0 amide bonds. The summed E-state index contributed by atoms with van der Waals surface area (Å²) in [5.74, 6) is 0.624. The normalized spacial score (nSPS) is 25.2. The molecule has 1 aliphatic rings. The molecule has 1 saturated carbocycles. The number of nitrogens with zero attached hydrogens (tertiary/aromatic N) is 1. The lowest BCUT2D eigenvalue weighted by atomic mass is 9.85. The van der Waals surface area contributed by atoms with E-state index in [-0.39, 0.29) is 6.10 Å². The highest BCUT2D eigenvalue weighted by atomic mass is 32.1. The van der Waals surface area contributed by atoms with Gasteiger partial charge in [-0.05, 0) is 37.3 Å². The maximum Gasteiger partial charge on any atom is 0.0941 e. The topological polar surface area (TPSA) is 33.1 Å². The van der Waals surface area contributed by atoms with Crippen molar-refractivity contribution in [1.29, 1.82) is 0 Å². The average molecular weight is 247 g/mol. The lowest BCUT2D eigenvalue weighted by Gasteiger charge is -2.24. The van der Waals surface area contributed by atoms with E-state index in [1.807, 2.05) is 6.07 Å². The van der Waals surface area contributed by atoms with Gasteiger partial charge in [0, 0.05) is 6.42 Å². The molecule has 2 unspecified atom stereocenters. The fourth-order valence-electron chi connectivity index (χ4n) is 2.70. The molecule has 0 bridgehead atoms. The minimum Gasteiger partial charge on any atom is -0.393 e. The summed E-state index contributed by atoms with van der Waals surface area (Å²) >= 11 is 1.80. The number of aliphatic hydroxyl groups is 1. The summed E-state index contributed by atoms with van der Waals surface area (Å²) in [4.78, 5) is 4.67. The second-order valence-corrected chi connectivity index (χ2v) is 6.08. The third-order valence-corrected chi connectivity index (χ3v) is 4.62. The van der Waals surface area contributed by atoms with Crippen LogP contribution in [0.25, 0.3) is 10.2 Å². The van der Waals surface area contributed by atoms with Crippen LogP contribution in [0, 0.1) is 5.92 Å². The third-order valence-electron chi connectivity index (χ3n) is 3.56. The Kier molecular flexibility index (Phi) is 3.12. The largest absolute Gasteiger partial charge is 0.393 e. The van der Waals surface area contributed by atoms with E-state index in [2.05, 4.69) is 23.2 Å². The van der Waals surface area contributed by atoms with E-state index >= 15 is 0 Å². The molecule has 1 aromatic carbocycles. The Morgan fingerprint density at radius 1 is 1.29 bits per heavy atom.